The molecular formula is C12H16N4O2. The van der Waals surface area contributed by atoms with Gasteiger partial charge in [-0.3, -0.25) is 14.7 Å². The smallest absolute Gasteiger partial charge is 0.261 e. The van der Waals surface area contributed by atoms with Gasteiger partial charge in [0.15, 0.2) is 0 Å². The van der Waals surface area contributed by atoms with Crippen LogP contribution in [0.3, 0.4) is 0 Å². The summed E-state index contributed by atoms with van der Waals surface area (Å²) in [6.45, 7) is 6.61. The van der Waals surface area contributed by atoms with E-state index in [2.05, 4.69) is 15.5 Å². The maximum absolute atomic E-state index is 12.1. The van der Waals surface area contributed by atoms with Crippen LogP contribution in [0.4, 0.5) is 5.95 Å². The molecule has 0 spiro atoms. The molecule has 0 atom stereocenters. The molecule has 2 aromatic rings. The van der Waals surface area contributed by atoms with Gasteiger partial charge in [0.1, 0.15) is 12.1 Å². The van der Waals surface area contributed by atoms with Gasteiger partial charge in [-0.1, -0.05) is 13.8 Å². The number of rotatable bonds is 4. The number of furan rings is 1. The van der Waals surface area contributed by atoms with E-state index in [1.54, 1.807) is 17.0 Å². The van der Waals surface area contributed by atoms with Gasteiger partial charge in [0.05, 0.1) is 11.8 Å². The second-order valence-electron chi connectivity index (χ2n) is 4.25. The average molecular weight is 248 g/mol. The summed E-state index contributed by atoms with van der Waals surface area (Å²) in [7, 11) is 0. The van der Waals surface area contributed by atoms with Crippen molar-refractivity contribution in [3.8, 4) is 0 Å². The lowest BCUT2D eigenvalue weighted by Crippen LogP contribution is -2.16. The Bertz CT molecular complexity index is 542. The summed E-state index contributed by atoms with van der Waals surface area (Å²) in [5.41, 5.74) is 0.538. The highest BCUT2D eigenvalue weighted by molar-refractivity contribution is 6.04. The Hall–Kier alpha value is -2.11. The molecule has 0 saturated heterocycles. The molecule has 0 bridgehead atoms. The summed E-state index contributed by atoms with van der Waals surface area (Å²) in [5, 5.41) is 10.4. The van der Waals surface area contributed by atoms with E-state index in [9.17, 15) is 4.79 Å². The molecule has 0 aliphatic heterocycles. The molecule has 0 aliphatic rings. The lowest BCUT2D eigenvalue weighted by atomic mass is 10.1. The third-order valence-corrected chi connectivity index (χ3v) is 2.65. The maximum atomic E-state index is 12.1. The second-order valence-corrected chi connectivity index (χ2v) is 4.25. The zero-order valence-electron chi connectivity index (χ0n) is 10.7. The largest absolute Gasteiger partial charge is 0.468 e. The molecule has 1 N–H and O–H groups in total. The number of aryl methyl sites for hydroxylation is 1. The quantitative estimate of drug-likeness (QED) is 0.900. The highest BCUT2D eigenvalue weighted by Gasteiger charge is 2.18. The first-order valence-electron chi connectivity index (χ1n) is 5.90. The number of anilines is 1. The van der Waals surface area contributed by atoms with Crippen LogP contribution in [-0.4, -0.2) is 20.7 Å². The van der Waals surface area contributed by atoms with E-state index in [-0.39, 0.29) is 11.8 Å². The number of hydrogen-bond acceptors (Lipinski definition) is 4. The van der Waals surface area contributed by atoms with Gasteiger partial charge in [-0.25, -0.2) is 0 Å². The SMILES string of the molecule is CCn1cnnc1NC(=O)c1ccoc1C(C)C. The molecule has 6 heteroatoms. The van der Waals surface area contributed by atoms with Crippen molar-refractivity contribution in [2.24, 2.45) is 0 Å². The van der Waals surface area contributed by atoms with Gasteiger partial charge in [0.25, 0.3) is 5.91 Å². The molecule has 18 heavy (non-hydrogen) atoms. The van der Waals surface area contributed by atoms with Gasteiger partial charge in [0, 0.05) is 12.5 Å². The number of nitrogens with zero attached hydrogens (tertiary/aromatic N) is 3. The van der Waals surface area contributed by atoms with Gasteiger partial charge in [-0.05, 0) is 13.0 Å². The number of carbonyl (C=O) groups is 1. The number of aromatic nitrogens is 3. The Morgan fingerprint density at radius 2 is 2.33 bits per heavy atom. The fraction of sp³-hybridized carbons (Fsp3) is 0.417. The van der Waals surface area contributed by atoms with E-state index >= 15 is 0 Å². The third-order valence-electron chi connectivity index (χ3n) is 2.65. The van der Waals surface area contributed by atoms with Gasteiger partial charge < -0.3 is 4.42 Å². The average Bonchev–Trinajstić information content (AvgIpc) is 2.96. The first kappa shape index (κ1) is 12.3. The van der Waals surface area contributed by atoms with E-state index in [0.717, 1.165) is 0 Å². The van der Waals surface area contributed by atoms with Crippen LogP contribution < -0.4 is 5.32 Å². The zero-order chi connectivity index (χ0) is 13.1. The van der Waals surface area contributed by atoms with Crippen molar-refractivity contribution in [3.63, 3.8) is 0 Å². The fourth-order valence-corrected chi connectivity index (χ4v) is 1.71. The third kappa shape index (κ3) is 2.27. The second kappa shape index (κ2) is 5.03. The van der Waals surface area contributed by atoms with E-state index in [0.29, 0.717) is 23.8 Å². The number of nitrogens with one attached hydrogen (secondary N) is 1. The standard InChI is InChI=1S/C12H16N4O2/c1-4-16-7-13-15-12(16)14-11(17)9-5-6-18-10(9)8(2)3/h5-8H,4H2,1-3H3,(H,14,15,17). The van der Waals surface area contributed by atoms with Crippen LogP contribution in [0.25, 0.3) is 0 Å². The molecule has 1 amide bonds. The van der Waals surface area contributed by atoms with E-state index in [1.165, 1.54) is 6.26 Å². The fourth-order valence-electron chi connectivity index (χ4n) is 1.71. The summed E-state index contributed by atoms with van der Waals surface area (Å²) in [6, 6.07) is 1.66. The Labute approximate surface area is 105 Å². The van der Waals surface area contributed by atoms with Crippen molar-refractivity contribution >= 4 is 11.9 Å². The summed E-state index contributed by atoms with van der Waals surface area (Å²) in [4.78, 5) is 12.1. The van der Waals surface area contributed by atoms with Crippen molar-refractivity contribution in [1.82, 2.24) is 14.8 Å². The predicted octanol–water partition coefficient (Wildman–Crippen LogP) is 2.27. The Morgan fingerprint density at radius 1 is 1.56 bits per heavy atom. The molecule has 0 unspecified atom stereocenters. The Kier molecular flexibility index (Phi) is 3.45. The minimum absolute atomic E-state index is 0.157. The molecule has 2 heterocycles. The zero-order valence-corrected chi connectivity index (χ0v) is 10.7. The monoisotopic (exact) mass is 248 g/mol. The molecule has 0 fully saturated rings. The molecule has 0 radical (unpaired) electrons. The lowest BCUT2D eigenvalue weighted by Gasteiger charge is -2.07. The minimum Gasteiger partial charge on any atom is -0.468 e. The van der Waals surface area contributed by atoms with Crippen molar-refractivity contribution < 1.29 is 9.21 Å². The summed E-state index contributed by atoms with van der Waals surface area (Å²) < 4.78 is 7.08. The van der Waals surface area contributed by atoms with Gasteiger partial charge in [0.2, 0.25) is 5.95 Å². The molecule has 0 saturated carbocycles. The molecule has 2 aromatic heterocycles. The minimum atomic E-state index is -0.227. The first-order valence-corrected chi connectivity index (χ1v) is 5.90. The van der Waals surface area contributed by atoms with Crippen LogP contribution in [0.2, 0.25) is 0 Å². The van der Waals surface area contributed by atoms with Crippen molar-refractivity contribution in [2.75, 3.05) is 5.32 Å². The highest BCUT2D eigenvalue weighted by atomic mass is 16.3. The highest BCUT2D eigenvalue weighted by Crippen LogP contribution is 2.21. The normalized spacial score (nSPS) is 10.9. The van der Waals surface area contributed by atoms with Gasteiger partial charge >= 0.3 is 0 Å². The molecular weight excluding hydrogens is 232 g/mol. The summed E-state index contributed by atoms with van der Waals surface area (Å²) in [5.74, 6) is 1.05. The number of hydrogen-bond donors (Lipinski definition) is 1. The van der Waals surface area contributed by atoms with E-state index in [4.69, 9.17) is 4.42 Å². The summed E-state index contributed by atoms with van der Waals surface area (Å²) in [6.07, 6.45) is 3.10. The number of amides is 1. The van der Waals surface area contributed by atoms with Crippen LogP contribution in [0.5, 0.6) is 0 Å². The lowest BCUT2D eigenvalue weighted by molar-refractivity contribution is 0.102. The van der Waals surface area contributed by atoms with Gasteiger partial charge in [-0.2, -0.15) is 0 Å². The van der Waals surface area contributed by atoms with E-state index in [1.807, 2.05) is 20.8 Å². The summed E-state index contributed by atoms with van der Waals surface area (Å²) >= 11 is 0. The first-order chi connectivity index (χ1) is 8.63. The van der Waals surface area contributed by atoms with Crippen molar-refractivity contribution in [3.05, 3.63) is 30.0 Å². The van der Waals surface area contributed by atoms with Crippen LogP contribution in [-0.2, 0) is 6.54 Å². The van der Waals surface area contributed by atoms with Crippen LogP contribution in [0.1, 0.15) is 42.8 Å². The van der Waals surface area contributed by atoms with E-state index < -0.39 is 0 Å². The maximum Gasteiger partial charge on any atom is 0.261 e. The van der Waals surface area contributed by atoms with Crippen LogP contribution in [0, 0.1) is 0 Å². The molecule has 6 nitrogen and oxygen atoms in total. The Balaban J connectivity index is 2.20. The molecule has 2 rings (SSSR count). The van der Waals surface area contributed by atoms with Crippen LogP contribution >= 0.6 is 0 Å². The Morgan fingerprint density at radius 3 is 3.00 bits per heavy atom. The van der Waals surface area contributed by atoms with Crippen molar-refractivity contribution in [2.45, 2.75) is 33.2 Å². The van der Waals surface area contributed by atoms with Gasteiger partial charge in [-0.15, -0.1) is 10.2 Å². The molecule has 96 valence electrons. The topological polar surface area (TPSA) is 73.0 Å². The van der Waals surface area contributed by atoms with Crippen LogP contribution in [0.15, 0.2) is 23.1 Å². The molecule has 0 aliphatic carbocycles. The molecule has 0 aromatic carbocycles. The predicted molar refractivity (Wildman–Crippen MR) is 66.4 cm³/mol. The van der Waals surface area contributed by atoms with Crippen molar-refractivity contribution in [1.29, 1.82) is 0 Å². The number of carbonyl (C=O) groups excluding carboxylic acids is 1.